The number of aliphatic hydroxyl groups is 1. The van der Waals surface area contributed by atoms with Gasteiger partial charge in [0.2, 0.25) is 29.5 Å². The number of Topliss-reactive ketones (excluding diaryl/α,β-unsaturated/α-hetero) is 4. The molecule has 10 amide bonds. The number of nitrogens with one attached hydrogen (secondary N) is 3. The number of hydrogen-bond acceptors (Lipinski definition) is 30. The monoisotopic (exact) mass is 2040 g/mol. The Labute approximate surface area is 852 Å². The summed E-state index contributed by atoms with van der Waals surface area (Å²) in [6, 6.07) is 11.7. The summed E-state index contributed by atoms with van der Waals surface area (Å²) in [7, 11) is 6.20. The first-order chi connectivity index (χ1) is 69.2. The van der Waals surface area contributed by atoms with Crippen molar-refractivity contribution >= 4 is 82.3 Å². The number of ether oxygens (including phenoxy) is 16. The van der Waals surface area contributed by atoms with Crippen molar-refractivity contribution in [2.75, 3.05) is 238 Å². The zero-order chi connectivity index (χ0) is 106. The molecule has 0 aliphatic carbocycles. The number of anilines is 1. The van der Waals surface area contributed by atoms with Gasteiger partial charge in [0.25, 0.3) is 11.8 Å². The molecule has 0 radical (unpaired) electrons. The number of likely N-dealkylation sites (N-methyl/N-ethyl adjacent to an activating group) is 2. The highest BCUT2D eigenvalue weighted by Gasteiger charge is 2.45. The van der Waals surface area contributed by atoms with E-state index in [1.807, 2.05) is 71.9 Å². The van der Waals surface area contributed by atoms with Crippen LogP contribution in [-0.4, -0.2) is 375 Å². The summed E-state index contributed by atoms with van der Waals surface area (Å²) in [6.45, 7) is 27.5. The fraction of sp³-hybridized carbons (Fsp3) is 0.743. The van der Waals surface area contributed by atoms with Gasteiger partial charge in [0.15, 0.2) is 11.6 Å². The van der Waals surface area contributed by atoms with Crippen LogP contribution in [0.4, 0.5) is 15.3 Å². The minimum absolute atomic E-state index is 0.0659. The number of imide groups is 1. The minimum atomic E-state index is -1.13. The Morgan fingerprint density at radius 1 is 0.514 bits per heavy atom. The van der Waals surface area contributed by atoms with Gasteiger partial charge < -0.3 is 122 Å². The number of likely N-dealkylation sites (tertiary alicyclic amines) is 1. The van der Waals surface area contributed by atoms with Gasteiger partial charge in [-0.1, -0.05) is 125 Å². The van der Waals surface area contributed by atoms with E-state index < -0.39 is 125 Å². The lowest BCUT2D eigenvalue weighted by Gasteiger charge is -2.41. The van der Waals surface area contributed by atoms with Gasteiger partial charge in [-0.15, -0.1) is 0 Å². The molecular formula is C105H171N9O30. The quantitative estimate of drug-likeness (QED) is 0.0305. The highest BCUT2D eigenvalue weighted by molar-refractivity contribution is 6.13. The molecule has 3 aliphatic heterocycles. The second-order valence-corrected chi connectivity index (χ2v) is 38.0. The molecule has 6 N–H and O–H groups in total. The van der Waals surface area contributed by atoms with Crippen molar-refractivity contribution in [2.45, 2.75) is 221 Å². The van der Waals surface area contributed by atoms with Crippen LogP contribution in [0.1, 0.15) is 189 Å². The van der Waals surface area contributed by atoms with E-state index in [1.54, 1.807) is 75.9 Å². The second kappa shape index (κ2) is 73.4. The van der Waals surface area contributed by atoms with Crippen LogP contribution in [0.2, 0.25) is 0 Å². The first-order valence-electron chi connectivity index (χ1n) is 51.6. The molecule has 0 aromatic heterocycles. The van der Waals surface area contributed by atoms with E-state index in [1.165, 1.54) is 36.1 Å². The van der Waals surface area contributed by atoms with Gasteiger partial charge in [-0.2, -0.15) is 0 Å². The van der Waals surface area contributed by atoms with Crippen LogP contribution in [0.5, 0.6) is 0 Å². The molecule has 2 saturated heterocycles. The fourth-order valence-corrected chi connectivity index (χ4v) is 17.7. The molecule has 144 heavy (non-hydrogen) atoms. The van der Waals surface area contributed by atoms with Crippen molar-refractivity contribution in [3.63, 3.8) is 0 Å². The van der Waals surface area contributed by atoms with E-state index in [4.69, 9.17) is 81.5 Å². The van der Waals surface area contributed by atoms with Gasteiger partial charge in [0.1, 0.15) is 18.2 Å². The summed E-state index contributed by atoms with van der Waals surface area (Å²) in [4.78, 5) is 189. The number of hydrogen-bond donors (Lipinski definition) is 5. The van der Waals surface area contributed by atoms with Gasteiger partial charge >= 0.3 is 12.1 Å². The van der Waals surface area contributed by atoms with Crippen molar-refractivity contribution in [1.29, 1.82) is 0 Å². The number of rotatable bonds is 47. The standard InChI is InChI=1S/C105H171N9O30/c1-15-77(8)98(91(129-13)72-95(122)113-39-23-28-87(113)100(130-14)79(10)88(116)68-78(9)99(123)81-24-18-16-19-25-81)110(11)103(126)86(74(2)3)71-90(118)97(76(6)7)111(12)105(128)144-73-80-29-32-84(33-30-80)108-101(124)82(26-22-37-107-104(106)127)70-89(117)96(75(4)5)109-92(119)34-31-83(69-85(115)27-20-17-21-38-114-93(120)35-36-94(114)121)102(125)112-40-42-131-44-46-133-48-50-135-52-54-137-56-58-139-60-62-141-64-66-143-67-65-142-63-61-140-59-57-138-55-53-136-51-49-134-47-45-132-43-41-112/h16,18-19,24-25,29-30,32-33,35-36,74-79,82-83,86-87,91,96-100,123H,15,17,20-23,26-28,31,34,37-73H2,1-14H3,(H,108,124)(H,109,119)(H3,106,107,127)/t77-,78-,79-,82+,83+,86-,87-,91+,96-,97-,98-,99+,100+/m0/s1. The van der Waals surface area contributed by atoms with Crippen LogP contribution in [-0.2, 0) is 135 Å². The summed E-state index contributed by atoms with van der Waals surface area (Å²) in [5, 5.41) is 19.4. The predicted molar refractivity (Wildman–Crippen MR) is 537 cm³/mol. The zero-order valence-electron chi connectivity index (χ0n) is 88.1. The van der Waals surface area contributed by atoms with Gasteiger partial charge in [-0.25, -0.2) is 9.59 Å². The lowest BCUT2D eigenvalue weighted by Crippen LogP contribution is -2.54. The number of nitrogens with zero attached hydrogens (tertiary/aromatic N) is 5. The summed E-state index contributed by atoms with van der Waals surface area (Å²) < 4.78 is 91.8. The second-order valence-electron chi connectivity index (χ2n) is 38.0. The highest BCUT2D eigenvalue weighted by Crippen LogP contribution is 2.35. The molecule has 0 spiro atoms. The Morgan fingerprint density at radius 2 is 1.01 bits per heavy atom. The molecule has 3 heterocycles. The van der Waals surface area contributed by atoms with E-state index in [9.17, 15) is 57.8 Å². The number of aliphatic hydroxyl groups excluding tert-OH is 1. The normalized spacial score (nSPS) is 19.4. The van der Waals surface area contributed by atoms with E-state index >= 15 is 9.59 Å². The third-order valence-electron chi connectivity index (χ3n) is 26.1. The molecule has 5 rings (SSSR count). The topological polar surface area (TPSA) is 468 Å². The summed E-state index contributed by atoms with van der Waals surface area (Å²) in [6.07, 6.45) is 1.81. The average molecular weight is 2040 g/mol. The number of nitrogens with two attached hydrogens (primary N) is 1. The zero-order valence-corrected chi connectivity index (χ0v) is 88.1. The molecule has 0 saturated carbocycles. The molecule has 0 unspecified atom stereocenters. The average Bonchev–Trinajstić information content (AvgIpc) is 1.44. The van der Waals surface area contributed by atoms with E-state index in [2.05, 4.69) is 16.0 Å². The predicted octanol–water partition coefficient (Wildman–Crippen LogP) is 8.76. The number of ketones is 4. The van der Waals surface area contributed by atoms with E-state index in [0.717, 1.165) is 10.5 Å². The lowest BCUT2D eigenvalue weighted by molar-refractivity contribution is -0.149. The number of methoxy groups -OCH3 is 2. The maximum atomic E-state index is 15.1. The van der Waals surface area contributed by atoms with Gasteiger partial charge in [0, 0.05) is 141 Å². The highest BCUT2D eigenvalue weighted by atomic mass is 16.6. The van der Waals surface area contributed by atoms with Crippen LogP contribution in [0.3, 0.4) is 0 Å². The Bertz CT molecular complexity index is 4020. The summed E-state index contributed by atoms with van der Waals surface area (Å²) in [5.41, 5.74) is 6.95. The van der Waals surface area contributed by atoms with E-state index in [0.29, 0.717) is 175 Å². The third kappa shape index (κ3) is 48.5. The van der Waals surface area contributed by atoms with Crippen LogP contribution >= 0.6 is 0 Å². The number of urea groups is 1. The van der Waals surface area contributed by atoms with Crippen molar-refractivity contribution < 1.29 is 143 Å². The molecule has 39 heteroatoms. The van der Waals surface area contributed by atoms with Gasteiger partial charge in [0.05, 0.1) is 221 Å². The van der Waals surface area contributed by atoms with Crippen molar-refractivity contribution in [3.8, 4) is 0 Å². The van der Waals surface area contributed by atoms with Gasteiger partial charge in [-0.3, -0.25) is 57.6 Å². The van der Waals surface area contributed by atoms with Crippen molar-refractivity contribution in [2.24, 2.45) is 59.0 Å². The Kier molecular flexibility index (Phi) is 64.0. The molecule has 816 valence electrons. The molecule has 2 aromatic carbocycles. The largest absolute Gasteiger partial charge is 0.445 e. The van der Waals surface area contributed by atoms with Crippen LogP contribution in [0.25, 0.3) is 0 Å². The molecule has 3 aliphatic rings. The smallest absolute Gasteiger partial charge is 0.410 e. The molecule has 2 aromatic rings. The van der Waals surface area contributed by atoms with Crippen LogP contribution in [0, 0.1) is 53.3 Å². The number of unbranched alkanes of at least 4 members (excludes halogenated alkanes) is 2. The number of carbonyl (C=O) groups is 13. The maximum Gasteiger partial charge on any atom is 0.410 e. The first-order valence-corrected chi connectivity index (χ1v) is 51.6. The van der Waals surface area contributed by atoms with Gasteiger partial charge in [-0.05, 0) is 97.8 Å². The Morgan fingerprint density at radius 3 is 1.47 bits per heavy atom. The summed E-state index contributed by atoms with van der Waals surface area (Å²) in [5.74, 6) is -9.44. The Hall–Kier alpha value is -8.75. The first kappa shape index (κ1) is 126. The molecular weight excluding hydrogens is 1870 g/mol. The maximum absolute atomic E-state index is 15.1. The van der Waals surface area contributed by atoms with E-state index in [-0.39, 0.29) is 197 Å². The third-order valence-corrected chi connectivity index (χ3v) is 26.1. The summed E-state index contributed by atoms with van der Waals surface area (Å²) >= 11 is 0. The van der Waals surface area contributed by atoms with Crippen molar-refractivity contribution in [1.82, 2.24) is 35.1 Å². The molecule has 13 atom stereocenters. The fourth-order valence-electron chi connectivity index (χ4n) is 17.7. The number of carbonyl (C=O) groups excluding carboxylic acids is 13. The van der Waals surface area contributed by atoms with Crippen LogP contribution in [0.15, 0.2) is 66.7 Å². The molecule has 2 fully saturated rings. The number of primary amides is 1. The molecule has 39 nitrogen and oxygen atoms in total. The van der Waals surface area contributed by atoms with Crippen molar-refractivity contribution in [3.05, 3.63) is 77.9 Å². The minimum Gasteiger partial charge on any atom is -0.445 e. The lowest BCUT2D eigenvalue weighted by atomic mass is 9.83. The SMILES string of the molecule is CC[C@H](C)[C@@H]([C@@H](CC(=O)N1CCC[C@H]1[C@H](OC)[C@@H](C)C(=O)C[C@H](C)[C@@H](O)c1ccccc1)OC)N(C)C(=O)[C@@H](CC(=O)[C@H](C(C)C)N(C)C(=O)OCc1ccc(NC(=O)[C@H](CCCNC(N)=O)CC(=O)[C@@H](NC(=O)CC[C@H](CC(=O)CCCCCN2C(=O)C=CC2=O)C(=O)N2CCOCCOCCOCCOCCOCCOCCOCCOCCOCCOCCOCCOCCOCC2)C(C)C)cc1)C(C)C. The number of benzene rings is 2. The molecule has 0 bridgehead atoms. The number of amides is 10. The Balaban J connectivity index is 1.22. The van der Waals surface area contributed by atoms with Crippen LogP contribution < -0.4 is 21.7 Å².